The first kappa shape index (κ1) is 22.5. The van der Waals surface area contributed by atoms with Gasteiger partial charge in [-0.2, -0.15) is 9.78 Å². The highest BCUT2D eigenvalue weighted by atomic mass is 16.5. The fourth-order valence-corrected chi connectivity index (χ4v) is 3.37. The maximum atomic E-state index is 13.3. The fraction of sp³-hybridized carbons (Fsp3) is 0.120. The summed E-state index contributed by atoms with van der Waals surface area (Å²) in [5.41, 5.74) is -0.437. The summed E-state index contributed by atoms with van der Waals surface area (Å²) < 4.78 is 12.5. The van der Waals surface area contributed by atoms with E-state index in [4.69, 9.17) is 9.47 Å². The molecule has 1 heterocycles. The lowest BCUT2D eigenvalue weighted by Gasteiger charge is -2.13. The zero-order chi connectivity index (χ0) is 24.1. The van der Waals surface area contributed by atoms with Crippen LogP contribution in [0.3, 0.4) is 0 Å². The largest absolute Gasteiger partial charge is 0.497 e. The summed E-state index contributed by atoms with van der Waals surface area (Å²) in [6.45, 7) is -0.0764. The summed E-state index contributed by atoms with van der Waals surface area (Å²) in [7, 11) is 3.03. The number of benzene rings is 3. The molecule has 0 radical (unpaired) electrons. The fourth-order valence-electron chi connectivity index (χ4n) is 3.37. The van der Waals surface area contributed by atoms with Crippen molar-refractivity contribution in [3.63, 3.8) is 0 Å². The van der Waals surface area contributed by atoms with Crippen LogP contribution in [0.25, 0.3) is 5.69 Å². The van der Waals surface area contributed by atoms with Gasteiger partial charge in [-0.1, -0.05) is 36.4 Å². The van der Waals surface area contributed by atoms with E-state index in [2.05, 4.69) is 10.4 Å². The van der Waals surface area contributed by atoms with Crippen molar-refractivity contribution in [3.8, 4) is 17.2 Å². The predicted octanol–water partition coefficient (Wildman–Crippen LogP) is 2.71. The molecule has 1 amide bonds. The molecule has 0 fully saturated rings. The second kappa shape index (κ2) is 9.86. The number of nitrogens with zero attached hydrogens (tertiary/aromatic N) is 3. The Morgan fingerprint density at radius 2 is 1.56 bits per heavy atom. The van der Waals surface area contributed by atoms with Gasteiger partial charge >= 0.3 is 5.69 Å². The summed E-state index contributed by atoms with van der Waals surface area (Å²) in [4.78, 5) is 39.6. The minimum atomic E-state index is -0.805. The van der Waals surface area contributed by atoms with Crippen LogP contribution in [0, 0.1) is 0 Å². The number of anilines is 1. The highest BCUT2D eigenvalue weighted by molar-refractivity contribution is 6.02. The van der Waals surface area contributed by atoms with Crippen LogP contribution in [0.2, 0.25) is 0 Å². The summed E-state index contributed by atoms with van der Waals surface area (Å²) in [6.07, 6.45) is 0. The van der Waals surface area contributed by atoms with Crippen molar-refractivity contribution in [3.05, 3.63) is 111 Å². The highest BCUT2D eigenvalue weighted by Crippen LogP contribution is 2.15. The van der Waals surface area contributed by atoms with Crippen LogP contribution in [-0.4, -0.2) is 34.5 Å². The van der Waals surface area contributed by atoms with Gasteiger partial charge in [-0.25, -0.2) is 4.79 Å². The standard InChI is InChI=1S/C25H22N4O5/c1-33-20-12-6-8-17(14-20)16-28-24(31)22(23(30)26-18-9-4-3-5-10-18)27-29(25(28)32)19-11-7-13-21(15-19)34-2/h3-15H,16H2,1-2H3,(H,26,30). The predicted molar refractivity (Wildman–Crippen MR) is 127 cm³/mol. The quantitative estimate of drug-likeness (QED) is 0.457. The average molecular weight is 458 g/mol. The van der Waals surface area contributed by atoms with Gasteiger partial charge in [0.15, 0.2) is 0 Å². The maximum absolute atomic E-state index is 13.3. The molecule has 0 aliphatic heterocycles. The topological polar surface area (TPSA) is 104 Å². The molecule has 0 atom stereocenters. The molecule has 0 aliphatic rings. The van der Waals surface area contributed by atoms with Crippen molar-refractivity contribution in [1.82, 2.24) is 14.3 Å². The van der Waals surface area contributed by atoms with Crippen LogP contribution in [-0.2, 0) is 6.54 Å². The van der Waals surface area contributed by atoms with Gasteiger partial charge in [0.2, 0.25) is 5.69 Å². The van der Waals surface area contributed by atoms with Gasteiger partial charge in [0.05, 0.1) is 26.5 Å². The van der Waals surface area contributed by atoms with E-state index in [1.807, 2.05) is 0 Å². The summed E-state index contributed by atoms with van der Waals surface area (Å²) in [6, 6.07) is 22.3. The zero-order valence-corrected chi connectivity index (χ0v) is 18.6. The number of hydrogen-bond donors (Lipinski definition) is 1. The van der Waals surface area contributed by atoms with Crippen molar-refractivity contribution in [1.29, 1.82) is 0 Å². The Balaban J connectivity index is 1.86. The molecule has 4 aromatic rings. The lowest BCUT2D eigenvalue weighted by atomic mass is 10.2. The van der Waals surface area contributed by atoms with Crippen molar-refractivity contribution in [2.45, 2.75) is 6.54 Å². The molecule has 34 heavy (non-hydrogen) atoms. The third-order valence-electron chi connectivity index (χ3n) is 5.08. The van der Waals surface area contributed by atoms with E-state index in [1.165, 1.54) is 14.2 Å². The molecule has 9 heteroatoms. The number of para-hydroxylation sites is 1. The number of nitrogens with one attached hydrogen (secondary N) is 1. The van der Waals surface area contributed by atoms with Crippen LogP contribution >= 0.6 is 0 Å². The van der Waals surface area contributed by atoms with Crippen molar-refractivity contribution in [2.75, 3.05) is 19.5 Å². The number of carbonyl (C=O) groups is 1. The van der Waals surface area contributed by atoms with Crippen LogP contribution in [0.15, 0.2) is 88.5 Å². The number of ether oxygens (including phenoxy) is 2. The smallest absolute Gasteiger partial charge is 0.352 e. The van der Waals surface area contributed by atoms with Gasteiger partial charge in [0.25, 0.3) is 11.5 Å². The first-order valence-electron chi connectivity index (χ1n) is 10.4. The van der Waals surface area contributed by atoms with Crippen molar-refractivity contribution in [2.24, 2.45) is 0 Å². The lowest BCUT2D eigenvalue weighted by Crippen LogP contribution is -2.45. The molecule has 0 bridgehead atoms. The average Bonchev–Trinajstić information content (AvgIpc) is 2.87. The summed E-state index contributed by atoms with van der Waals surface area (Å²) >= 11 is 0. The first-order chi connectivity index (χ1) is 16.5. The normalized spacial score (nSPS) is 10.5. The number of carbonyl (C=O) groups excluding carboxylic acids is 1. The van der Waals surface area contributed by atoms with Gasteiger partial charge in [-0.3, -0.25) is 14.2 Å². The van der Waals surface area contributed by atoms with E-state index in [0.29, 0.717) is 28.4 Å². The Hall–Kier alpha value is -4.66. The minimum Gasteiger partial charge on any atom is -0.497 e. The molecular weight excluding hydrogens is 436 g/mol. The molecule has 9 nitrogen and oxygen atoms in total. The zero-order valence-electron chi connectivity index (χ0n) is 18.6. The molecular formula is C25H22N4O5. The second-order valence-corrected chi connectivity index (χ2v) is 7.31. The number of amides is 1. The van der Waals surface area contributed by atoms with Crippen LogP contribution < -0.4 is 26.0 Å². The van der Waals surface area contributed by atoms with Gasteiger partial charge in [0, 0.05) is 11.8 Å². The molecule has 0 aliphatic carbocycles. The van der Waals surface area contributed by atoms with E-state index in [1.54, 1.807) is 78.9 Å². The summed E-state index contributed by atoms with van der Waals surface area (Å²) in [5.74, 6) is 0.342. The van der Waals surface area contributed by atoms with Gasteiger partial charge in [-0.05, 0) is 42.0 Å². The molecule has 1 aromatic heterocycles. The van der Waals surface area contributed by atoms with Gasteiger partial charge in [0.1, 0.15) is 11.5 Å². The molecule has 172 valence electrons. The van der Waals surface area contributed by atoms with Crippen LogP contribution in [0.4, 0.5) is 5.69 Å². The van der Waals surface area contributed by atoms with Crippen LogP contribution in [0.1, 0.15) is 16.1 Å². The molecule has 4 rings (SSSR count). The van der Waals surface area contributed by atoms with Crippen LogP contribution in [0.5, 0.6) is 11.5 Å². The van der Waals surface area contributed by atoms with Gasteiger partial charge in [-0.15, -0.1) is 0 Å². The Kier molecular flexibility index (Phi) is 6.54. The third kappa shape index (κ3) is 4.73. The number of rotatable bonds is 7. The van der Waals surface area contributed by atoms with Crippen molar-refractivity contribution >= 4 is 11.6 Å². The Bertz CT molecular complexity index is 1440. The number of hydrogen-bond acceptors (Lipinski definition) is 6. The summed E-state index contributed by atoms with van der Waals surface area (Å²) in [5, 5.41) is 6.78. The van der Waals surface area contributed by atoms with Gasteiger partial charge < -0.3 is 14.8 Å². The highest BCUT2D eigenvalue weighted by Gasteiger charge is 2.21. The first-order valence-corrected chi connectivity index (χ1v) is 10.4. The molecule has 3 aromatic carbocycles. The number of aromatic nitrogens is 3. The SMILES string of the molecule is COc1cccc(Cn2c(=O)c(C(=O)Nc3ccccc3)nn(-c3cccc(OC)c3)c2=O)c1. The maximum Gasteiger partial charge on any atom is 0.352 e. The molecule has 0 saturated carbocycles. The van der Waals surface area contributed by atoms with E-state index >= 15 is 0 Å². The van der Waals surface area contributed by atoms with E-state index < -0.39 is 22.9 Å². The van der Waals surface area contributed by atoms with E-state index in [0.717, 1.165) is 9.25 Å². The molecule has 0 spiro atoms. The Morgan fingerprint density at radius 3 is 2.26 bits per heavy atom. The molecule has 0 saturated heterocycles. The van der Waals surface area contributed by atoms with E-state index in [9.17, 15) is 14.4 Å². The Morgan fingerprint density at radius 1 is 0.882 bits per heavy atom. The van der Waals surface area contributed by atoms with E-state index in [-0.39, 0.29) is 6.54 Å². The Labute approximate surface area is 194 Å². The minimum absolute atomic E-state index is 0.0764. The third-order valence-corrected chi connectivity index (χ3v) is 5.08. The second-order valence-electron chi connectivity index (χ2n) is 7.31. The lowest BCUT2D eigenvalue weighted by molar-refractivity contribution is 0.101. The monoisotopic (exact) mass is 458 g/mol. The molecule has 0 unspecified atom stereocenters. The molecule has 1 N–H and O–H groups in total. The van der Waals surface area contributed by atoms with Crippen molar-refractivity contribution < 1.29 is 14.3 Å². The number of methoxy groups -OCH3 is 2.